The zero-order valence-corrected chi connectivity index (χ0v) is 14.1. The summed E-state index contributed by atoms with van der Waals surface area (Å²) in [5.74, 6) is 0. The topological polar surface area (TPSA) is 44.8 Å². The Labute approximate surface area is 138 Å². The summed E-state index contributed by atoms with van der Waals surface area (Å²) in [6.07, 6.45) is 2.32. The van der Waals surface area contributed by atoms with Crippen molar-refractivity contribution >= 4 is 11.7 Å². The average molecular weight is 317 g/mol. The lowest BCUT2D eigenvalue weighted by molar-refractivity contribution is 0.0831. The number of benzene rings is 1. The molecule has 0 aromatic heterocycles. The Morgan fingerprint density at radius 1 is 1.30 bits per heavy atom. The molecule has 1 N–H and O–H groups in total. The number of carbonyl (C=O) groups excluding carboxylic acids is 1. The number of carbonyl (C=O) groups is 1. The monoisotopic (exact) mass is 317 g/mol. The van der Waals surface area contributed by atoms with Crippen LogP contribution in [0.25, 0.3) is 0 Å². The molecule has 5 nitrogen and oxygen atoms in total. The van der Waals surface area contributed by atoms with Crippen LogP contribution in [0.15, 0.2) is 24.3 Å². The first-order valence-electron chi connectivity index (χ1n) is 8.62. The van der Waals surface area contributed by atoms with E-state index in [9.17, 15) is 4.79 Å². The van der Waals surface area contributed by atoms with E-state index in [4.69, 9.17) is 4.74 Å². The highest BCUT2D eigenvalue weighted by atomic mass is 16.5. The van der Waals surface area contributed by atoms with Gasteiger partial charge in [-0.1, -0.05) is 12.1 Å². The third-order valence-electron chi connectivity index (χ3n) is 4.81. The van der Waals surface area contributed by atoms with Gasteiger partial charge >= 0.3 is 6.03 Å². The summed E-state index contributed by atoms with van der Waals surface area (Å²) >= 11 is 0. The summed E-state index contributed by atoms with van der Waals surface area (Å²) in [7, 11) is 0. The lowest BCUT2D eigenvalue weighted by Crippen LogP contribution is -2.54. The Bertz CT molecular complexity index is 535. The van der Waals surface area contributed by atoms with Crippen molar-refractivity contribution in [1.82, 2.24) is 10.2 Å². The van der Waals surface area contributed by atoms with Gasteiger partial charge in [-0.2, -0.15) is 0 Å². The number of urea groups is 1. The van der Waals surface area contributed by atoms with Gasteiger partial charge in [0.1, 0.15) is 0 Å². The Balaban J connectivity index is 1.49. The molecule has 0 bridgehead atoms. The predicted octanol–water partition coefficient (Wildman–Crippen LogP) is 2.39. The van der Waals surface area contributed by atoms with Gasteiger partial charge in [0.25, 0.3) is 0 Å². The maximum atomic E-state index is 12.4. The summed E-state index contributed by atoms with van der Waals surface area (Å²) in [5, 5.41) is 3.10. The smallest absolute Gasteiger partial charge is 0.317 e. The number of hydrogen-bond acceptors (Lipinski definition) is 3. The highest BCUT2D eigenvalue weighted by Gasteiger charge is 2.27. The van der Waals surface area contributed by atoms with Crippen LogP contribution in [0.3, 0.4) is 0 Å². The minimum Gasteiger partial charge on any atom is -0.376 e. The quantitative estimate of drug-likeness (QED) is 0.931. The molecule has 2 unspecified atom stereocenters. The zero-order valence-electron chi connectivity index (χ0n) is 14.1. The summed E-state index contributed by atoms with van der Waals surface area (Å²) in [6, 6.07) is 8.67. The van der Waals surface area contributed by atoms with Crippen LogP contribution < -0.4 is 10.2 Å². The number of nitrogens with zero attached hydrogens (tertiary/aromatic N) is 2. The van der Waals surface area contributed by atoms with E-state index in [2.05, 4.69) is 41.4 Å². The minimum atomic E-state index is 0.0388. The second-order valence-electron chi connectivity index (χ2n) is 6.60. The number of piperazine rings is 1. The molecule has 5 heteroatoms. The van der Waals surface area contributed by atoms with Crippen molar-refractivity contribution in [2.24, 2.45) is 0 Å². The Morgan fingerprint density at radius 2 is 2.09 bits per heavy atom. The normalized spacial score (nSPS) is 23.0. The van der Waals surface area contributed by atoms with Crippen LogP contribution >= 0.6 is 0 Å². The molecule has 0 radical (unpaired) electrons. The van der Waals surface area contributed by atoms with Crippen LogP contribution in [0.5, 0.6) is 0 Å². The molecule has 1 aromatic carbocycles. The second-order valence-corrected chi connectivity index (χ2v) is 6.60. The molecule has 2 saturated heterocycles. The van der Waals surface area contributed by atoms with Gasteiger partial charge in [-0.05, 0) is 44.4 Å². The van der Waals surface area contributed by atoms with E-state index >= 15 is 0 Å². The number of anilines is 1. The fourth-order valence-corrected chi connectivity index (χ4v) is 3.37. The third kappa shape index (κ3) is 3.96. The van der Waals surface area contributed by atoms with Crippen LogP contribution in [-0.4, -0.2) is 55.9 Å². The number of amides is 2. The number of aryl methyl sites for hydroxylation is 1. The molecule has 1 aromatic rings. The molecule has 3 rings (SSSR count). The molecule has 2 atom stereocenters. The number of nitrogens with one attached hydrogen (secondary N) is 1. The van der Waals surface area contributed by atoms with Gasteiger partial charge in [-0.25, -0.2) is 4.79 Å². The maximum absolute atomic E-state index is 12.4. The van der Waals surface area contributed by atoms with Gasteiger partial charge in [-0.3, -0.25) is 0 Å². The zero-order chi connectivity index (χ0) is 16.2. The molecule has 2 amide bonds. The standard InChI is InChI=1S/C18H27N3O2/c1-14-5-3-6-16(13-14)20-8-10-21(11-9-20)18(22)19-15(2)17-7-4-12-23-17/h3,5-6,13,15,17H,4,7-12H2,1-2H3,(H,19,22). The fourth-order valence-electron chi connectivity index (χ4n) is 3.37. The summed E-state index contributed by atoms with van der Waals surface area (Å²) in [4.78, 5) is 16.7. The highest BCUT2D eigenvalue weighted by Crippen LogP contribution is 2.18. The van der Waals surface area contributed by atoms with Gasteiger partial charge in [-0.15, -0.1) is 0 Å². The molecule has 0 saturated carbocycles. The van der Waals surface area contributed by atoms with E-state index in [-0.39, 0.29) is 18.2 Å². The lowest BCUT2D eigenvalue weighted by atomic mass is 10.1. The molecule has 23 heavy (non-hydrogen) atoms. The fraction of sp³-hybridized carbons (Fsp3) is 0.611. The van der Waals surface area contributed by atoms with Crippen molar-refractivity contribution in [3.05, 3.63) is 29.8 Å². The third-order valence-corrected chi connectivity index (χ3v) is 4.81. The number of hydrogen-bond donors (Lipinski definition) is 1. The molecule has 2 heterocycles. The van der Waals surface area contributed by atoms with Gasteiger partial charge in [0.15, 0.2) is 0 Å². The van der Waals surface area contributed by atoms with Crippen molar-refractivity contribution in [2.45, 2.75) is 38.8 Å². The van der Waals surface area contributed by atoms with Crippen molar-refractivity contribution in [2.75, 3.05) is 37.7 Å². The molecule has 2 fully saturated rings. The Morgan fingerprint density at radius 3 is 2.74 bits per heavy atom. The molecular weight excluding hydrogens is 290 g/mol. The molecular formula is C18H27N3O2. The molecule has 126 valence electrons. The van der Waals surface area contributed by atoms with Gasteiger partial charge in [0.05, 0.1) is 12.1 Å². The highest BCUT2D eigenvalue weighted by molar-refractivity contribution is 5.75. The van der Waals surface area contributed by atoms with Crippen LogP contribution in [0, 0.1) is 6.92 Å². The minimum absolute atomic E-state index is 0.0388. The van der Waals surface area contributed by atoms with E-state index in [1.54, 1.807) is 0 Å². The summed E-state index contributed by atoms with van der Waals surface area (Å²) < 4.78 is 5.65. The van der Waals surface area contributed by atoms with Gasteiger partial charge in [0, 0.05) is 38.5 Å². The van der Waals surface area contributed by atoms with E-state index in [1.807, 2.05) is 11.8 Å². The number of rotatable bonds is 3. The van der Waals surface area contributed by atoms with Gasteiger partial charge < -0.3 is 19.9 Å². The number of ether oxygens (including phenoxy) is 1. The SMILES string of the molecule is Cc1cccc(N2CCN(C(=O)NC(C)C3CCCO3)CC2)c1. The van der Waals surface area contributed by atoms with Crippen LogP contribution in [0.1, 0.15) is 25.3 Å². The van der Waals surface area contributed by atoms with E-state index in [0.29, 0.717) is 0 Å². The van der Waals surface area contributed by atoms with Crippen LogP contribution in [-0.2, 0) is 4.74 Å². The first-order valence-corrected chi connectivity index (χ1v) is 8.62. The molecule has 0 aliphatic carbocycles. The largest absolute Gasteiger partial charge is 0.376 e. The first-order chi connectivity index (χ1) is 11.1. The second kappa shape index (κ2) is 7.21. The maximum Gasteiger partial charge on any atom is 0.317 e. The molecule has 2 aliphatic heterocycles. The van der Waals surface area contributed by atoms with Crippen molar-refractivity contribution in [3.63, 3.8) is 0 Å². The Kier molecular flexibility index (Phi) is 5.06. The average Bonchev–Trinajstić information content (AvgIpc) is 3.09. The predicted molar refractivity (Wildman–Crippen MR) is 91.9 cm³/mol. The molecule has 0 spiro atoms. The van der Waals surface area contributed by atoms with E-state index in [1.165, 1.54) is 11.3 Å². The Hall–Kier alpha value is -1.75. The summed E-state index contributed by atoms with van der Waals surface area (Å²) in [5.41, 5.74) is 2.52. The van der Waals surface area contributed by atoms with Crippen molar-refractivity contribution in [3.8, 4) is 0 Å². The van der Waals surface area contributed by atoms with Crippen molar-refractivity contribution < 1.29 is 9.53 Å². The van der Waals surface area contributed by atoms with Gasteiger partial charge in [0.2, 0.25) is 0 Å². The lowest BCUT2D eigenvalue weighted by Gasteiger charge is -2.37. The first kappa shape index (κ1) is 16.1. The molecule has 2 aliphatic rings. The van der Waals surface area contributed by atoms with E-state index < -0.39 is 0 Å². The van der Waals surface area contributed by atoms with E-state index in [0.717, 1.165) is 45.6 Å². The van der Waals surface area contributed by atoms with Crippen LogP contribution in [0.2, 0.25) is 0 Å². The van der Waals surface area contributed by atoms with Crippen LogP contribution in [0.4, 0.5) is 10.5 Å². The van der Waals surface area contributed by atoms with Crippen molar-refractivity contribution in [1.29, 1.82) is 0 Å². The summed E-state index contributed by atoms with van der Waals surface area (Å²) in [6.45, 7) is 8.25.